The van der Waals surface area contributed by atoms with Crippen molar-refractivity contribution in [1.82, 2.24) is 14.8 Å². The highest BCUT2D eigenvalue weighted by Gasteiger charge is 2.10. The second-order valence-electron chi connectivity index (χ2n) is 6.34. The summed E-state index contributed by atoms with van der Waals surface area (Å²) in [6, 6.07) is 14.3. The van der Waals surface area contributed by atoms with Crippen molar-refractivity contribution in [2.75, 3.05) is 5.32 Å². The number of nitrogens with one attached hydrogen (secondary N) is 1. The summed E-state index contributed by atoms with van der Waals surface area (Å²) in [6.07, 6.45) is 1.60. The molecule has 0 bridgehead atoms. The zero-order chi connectivity index (χ0) is 19.7. The summed E-state index contributed by atoms with van der Waals surface area (Å²) in [7, 11) is 1.83. The largest absolute Gasteiger partial charge is 0.457 e. The smallest absolute Gasteiger partial charge is 0.255 e. The molecule has 7 heteroatoms. The normalized spacial score (nSPS) is 10.8. The number of fused-ring (bicyclic) bond motifs is 1. The molecule has 0 aliphatic carbocycles. The fourth-order valence-electron chi connectivity index (χ4n) is 2.89. The van der Waals surface area contributed by atoms with E-state index in [1.165, 1.54) is 12.1 Å². The molecule has 1 amide bonds. The second kappa shape index (κ2) is 7.11. The molecule has 140 valence electrons. The Morgan fingerprint density at radius 1 is 1.07 bits per heavy atom. The van der Waals surface area contributed by atoms with Crippen molar-refractivity contribution in [3.05, 3.63) is 77.9 Å². The van der Waals surface area contributed by atoms with E-state index in [9.17, 15) is 9.18 Å². The lowest BCUT2D eigenvalue weighted by Crippen LogP contribution is -2.12. The summed E-state index contributed by atoms with van der Waals surface area (Å²) < 4.78 is 20.3. The summed E-state index contributed by atoms with van der Waals surface area (Å²) in [5.74, 6) is 0.492. The number of hydrogen-bond donors (Lipinski definition) is 1. The van der Waals surface area contributed by atoms with E-state index in [0.29, 0.717) is 22.7 Å². The van der Waals surface area contributed by atoms with Crippen molar-refractivity contribution in [2.24, 2.45) is 7.05 Å². The molecule has 0 spiro atoms. The lowest BCUT2D eigenvalue weighted by Gasteiger charge is -2.08. The van der Waals surface area contributed by atoms with Crippen LogP contribution in [0.3, 0.4) is 0 Å². The fourth-order valence-corrected chi connectivity index (χ4v) is 2.89. The minimum absolute atomic E-state index is 0.254. The first-order valence-corrected chi connectivity index (χ1v) is 8.64. The molecule has 2 aromatic heterocycles. The Kier molecular flexibility index (Phi) is 4.49. The van der Waals surface area contributed by atoms with E-state index in [-0.39, 0.29) is 11.7 Å². The number of anilines is 1. The fraction of sp³-hybridized carbons (Fsp3) is 0.0952. The quantitative estimate of drug-likeness (QED) is 0.571. The number of hydrogen-bond acceptors (Lipinski definition) is 4. The lowest BCUT2D eigenvalue weighted by atomic mass is 10.2. The van der Waals surface area contributed by atoms with Crippen LogP contribution in [0.15, 0.2) is 60.8 Å². The number of carbonyl (C=O) groups excluding carboxylic acids is 1. The Bertz CT molecular complexity index is 1150. The van der Waals surface area contributed by atoms with E-state index in [1.54, 1.807) is 47.3 Å². The van der Waals surface area contributed by atoms with Crippen molar-refractivity contribution in [3.8, 4) is 11.5 Å². The third-order valence-electron chi connectivity index (χ3n) is 4.29. The van der Waals surface area contributed by atoms with Crippen LogP contribution in [0.1, 0.15) is 16.1 Å². The molecule has 4 aromatic rings. The van der Waals surface area contributed by atoms with Crippen LogP contribution in [0.2, 0.25) is 0 Å². The van der Waals surface area contributed by atoms with E-state index in [1.807, 2.05) is 20.0 Å². The van der Waals surface area contributed by atoms with Gasteiger partial charge in [0.05, 0.1) is 17.6 Å². The molecule has 1 N–H and O–H groups in total. The van der Waals surface area contributed by atoms with E-state index in [4.69, 9.17) is 4.74 Å². The molecule has 0 aliphatic rings. The lowest BCUT2D eigenvalue weighted by molar-refractivity contribution is 0.102. The zero-order valence-electron chi connectivity index (χ0n) is 15.3. The molecule has 28 heavy (non-hydrogen) atoms. The average molecular weight is 376 g/mol. The zero-order valence-corrected chi connectivity index (χ0v) is 15.3. The van der Waals surface area contributed by atoms with Gasteiger partial charge in [0.2, 0.25) is 0 Å². The van der Waals surface area contributed by atoms with Gasteiger partial charge in [0.25, 0.3) is 5.91 Å². The first-order chi connectivity index (χ1) is 13.5. The number of rotatable bonds is 4. The molecule has 6 nitrogen and oxygen atoms in total. The van der Waals surface area contributed by atoms with Crippen molar-refractivity contribution in [2.45, 2.75) is 6.92 Å². The number of benzene rings is 2. The maximum Gasteiger partial charge on any atom is 0.255 e. The predicted octanol–water partition coefficient (Wildman–Crippen LogP) is 4.46. The van der Waals surface area contributed by atoms with E-state index in [2.05, 4.69) is 15.4 Å². The van der Waals surface area contributed by atoms with Gasteiger partial charge in [0.15, 0.2) is 5.65 Å². The number of ether oxygens (including phenoxy) is 1. The van der Waals surface area contributed by atoms with Gasteiger partial charge in [-0.3, -0.25) is 9.48 Å². The van der Waals surface area contributed by atoms with Gasteiger partial charge in [0.1, 0.15) is 17.3 Å². The Morgan fingerprint density at radius 3 is 2.39 bits per heavy atom. The molecule has 0 unspecified atom stereocenters. The highest BCUT2D eigenvalue weighted by atomic mass is 19.1. The van der Waals surface area contributed by atoms with Crippen LogP contribution in [0.5, 0.6) is 11.5 Å². The van der Waals surface area contributed by atoms with Crippen molar-refractivity contribution < 1.29 is 13.9 Å². The van der Waals surface area contributed by atoms with Gasteiger partial charge in [-0.2, -0.15) is 5.10 Å². The summed E-state index contributed by atoms with van der Waals surface area (Å²) in [4.78, 5) is 16.9. The molecule has 0 saturated heterocycles. The molecule has 0 fully saturated rings. The number of halogens is 1. The molecule has 0 saturated carbocycles. The summed E-state index contributed by atoms with van der Waals surface area (Å²) in [5.41, 5.74) is 2.69. The van der Waals surface area contributed by atoms with Gasteiger partial charge < -0.3 is 10.1 Å². The standard InChI is InChI=1S/C21H17FN4O2/c1-13-19-11-16(12-23-20(19)26(2)25-13)24-21(27)14-3-7-17(8-4-14)28-18-9-5-15(22)6-10-18/h3-12H,1-2H3,(H,24,27). The van der Waals surface area contributed by atoms with Crippen LogP contribution in [-0.2, 0) is 7.05 Å². The number of pyridine rings is 1. The number of amides is 1. The highest BCUT2D eigenvalue weighted by Crippen LogP contribution is 2.23. The number of nitrogens with zero attached hydrogens (tertiary/aromatic N) is 3. The number of aromatic nitrogens is 3. The van der Waals surface area contributed by atoms with Gasteiger partial charge >= 0.3 is 0 Å². The summed E-state index contributed by atoms with van der Waals surface area (Å²) in [6.45, 7) is 1.90. The van der Waals surface area contributed by atoms with Crippen molar-refractivity contribution in [3.63, 3.8) is 0 Å². The van der Waals surface area contributed by atoms with E-state index < -0.39 is 0 Å². The third-order valence-corrected chi connectivity index (χ3v) is 4.29. The Morgan fingerprint density at radius 2 is 1.71 bits per heavy atom. The van der Waals surface area contributed by atoms with Gasteiger partial charge in [0, 0.05) is 18.0 Å². The van der Waals surface area contributed by atoms with Crippen molar-refractivity contribution >= 4 is 22.6 Å². The van der Waals surface area contributed by atoms with Crippen LogP contribution in [0, 0.1) is 12.7 Å². The summed E-state index contributed by atoms with van der Waals surface area (Å²) in [5, 5.41) is 8.06. The Labute approximate surface area is 160 Å². The van der Waals surface area contributed by atoms with Gasteiger partial charge in [-0.1, -0.05) is 0 Å². The van der Waals surface area contributed by atoms with Gasteiger partial charge in [-0.15, -0.1) is 0 Å². The Hall–Kier alpha value is -3.74. The third kappa shape index (κ3) is 3.55. The second-order valence-corrected chi connectivity index (χ2v) is 6.34. The van der Waals surface area contributed by atoms with Crippen LogP contribution in [0.25, 0.3) is 11.0 Å². The molecule has 0 aliphatic heterocycles. The van der Waals surface area contributed by atoms with Crippen LogP contribution in [0.4, 0.5) is 10.1 Å². The Balaban J connectivity index is 1.47. The van der Waals surface area contributed by atoms with E-state index in [0.717, 1.165) is 16.7 Å². The first kappa shape index (κ1) is 17.7. The SMILES string of the molecule is Cc1nn(C)c2ncc(NC(=O)c3ccc(Oc4ccc(F)cc4)cc3)cc12. The van der Waals surface area contributed by atoms with Gasteiger partial charge in [-0.25, -0.2) is 9.37 Å². The van der Waals surface area contributed by atoms with Crippen molar-refractivity contribution in [1.29, 1.82) is 0 Å². The summed E-state index contributed by atoms with van der Waals surface area (Å²) >= 11 is 0. The maximum atomic E-state index is 12.9. The molecular weight excluding hydrogens is 359 g/mol. The van der Waals surface area contributed by atoms with Gasteiger partial charge in [-0.05, 0) is 61.5 Å². The topological polar surface area (TPSA) is 69.0 Å². The number of aryl methyl sites for hydroxylation is 2. The highest BCUT2D eigenvalue weighted by molar-refractivity contribution is 6.05. The minimum atomic E-state index is -0.325. The molecule has 2 aromatic carbocycles. The predicted molar refractivity (Wildman–Crippen MR) is 104 cm³/mol. The van der Waals surface area contributed by atoms with E-state index >= 15 is 0 Å². The molecule has 0 radical (unpaired) electrons. The average Bonchev–Trinajstić information content (AvgIpc) is 2.97. The van der Waals surface area contributed by atoms with Crippen LogP contribution in [-0.4, -0.2) is 20.7 Å². The molecule has 2 heterocycles. The minimum Gasteiger partial charge on any atom is -0.457 e. The maximum absolute atomic E-state index is 12.9. The van der Waals surface area contributed by atoms with Crippen LogP contribution >= 0.6 is 0 Å². The monoisotopic (exact) mass is 376 g/mol. The molecule has 0 atom stereocenters. The van der Waals surface area contributed by atoms with Crippen LogP contribution < -0.4 is 10.1 Å². The number of carbonyl (C=O) groups is 1. The molecular formula is C21H17FN4O2. The molecule has 4 rings (SSSR count). The first-order valence-electron chi connectivity index (χ1n) is 8.64.